The molecule has 0 amide bonds. The molecule has 2 fully saturated rings. The van der Waals surface area contributed by atoms with E-state index >= 15 is 0 Å². The summed E-state index contributed by atoms with van der Waals surface area (Å²) in [4.78, 5) is 0. The highest BCUT2D eigenvalue weighted by Crippen LogP contribution is 2.42. The predicted molar refractivity (Wildman–Crippen MR) is 87.6 cm³/mol. The average molecular weight is 340 g/mol. The second kappa shape index (κ2) is 6.32. The minimum atomic E-state index is -3.05. The Kier molecular flexibility index (Phi) is 4.56. The van der Waals surface area contributed by atoms with Gasteiger partial charge in [-0.2, -0.15) is 0 Å². The molecule has 0 aromatic heterocycles. The number of hydrogen-bond donors (Lipinski definition) is 1. The quantitative estimate of drug-likeness (QED) is 0.890. The van der Waals surface area contributed by atoms with Gasteiger partial charge < -0.3 is 14.6 Å². The van der Waals surface area contributed by atoms with Gasteiger partial charge in [0.25, 0.3) is 0 Å². The molecule has 1 aromatic rings. The summed E-state index contributed by atoms with van der Waals surface area (Å²) in [5.41, 5.74) is -0.941. The van der Waals surface area contributed by atoms with E-state index in [1.54, 1.807) is 7.11 Å². The lowest BCUT2D eigenvalue weighted by Gasteiger charge is -2.43. The summed E-state index contributed by atoms with van der Waals surface area (Å²) in [6, 6.07) is 7.38. The zero-order valence-corrected chi connectivity index (χ0v) is 14.2. The van der Waals surface area contributed by atoms with Gasteiger partial charge in [0.05, 0.1) is 29.8 Å². The van der Waals surface area contributed by atoms with Crippen molar-refractivity contribution in [1.29, 1.82) is 0 Å². The molecule has 2 bridgehead atoms. The van der Waals surface area contributed by atoms with E-state index in [-0.39, 0.29) is 10.5 Å². The van der Waals surface area contributed by atoms with Gasteiger partial charge in [0.2, 0.25) is 0 Å². The van der Waals surface area contributed by atoms with E-state index in [0.29, 0.717) is 50.2 Å². The number of ether oxygens (including phenoxy) is 2. The molecule has 3 rings (SSSR count). The first kappa shape index (κ1) is 16.6. The van der Waals surface area contributed by atoms with Crippen molar-refractivity contribution in [1.82, 2.24) is 0 Å². The molecule has 2 aliphatic heterocycles. The third-order valence-electron chi connectivity index (χ3n) is 5.09. The second-order valence-electron chi connectivity index (χ2n) is 6.65. The van der Waals surface area contributed by atoms with E-state index < -0.39 is 15.4 Å². The molecule has 23 heavy (non-hydrogen) atoms. The van der Waals surface area contributed by atoms with Gasteiger partial charge in [-0.05, 0) is 37.8 Å². The van der Waals surface area contributed by atoms with Crippen LogP contribution in [0, 0.1) is 0 Å². The van der Waals surface area contributed by atoms with Crippen molar-refractivity contribution in [3.05, 3.63) is 24.3 Å². The van der Waals surface area contributed by atoms with Gasteiger partial charge in [0, 0.05) is 6.42 Å². The van der Waals surface area contributed by atoms with Crippen LogP contribution in [0.15, 0.2) is 24.3 Å². The Balaban J connectivity index is 1.62. The van der Waals surface area contributed by atoms with Gasteiger partial charge in [-0.3, -0.25) is 0 Å². The third-order valence-corrected chi connectivity index (χ3v) is 7.75. The standard InChI is InChI=1S/C17H24O5S/c1-21-15-7-2-3-8-16(15)22-10-9-17(18)11-13-5-4-6-14(12-17)23(13,19)20/h2-3,7-8,13-14,18H,4-6,9-12H2,1H3. The monoisotopic (exact) mass is 340 g/mol. The van der Waals surface area contributed by atoms with Crippen LogP contribution in [0.5, 0.6) is 11.5 Å². The number of sulfone groups is 1. The van der Waals surface area contributed by atoms with Crippen molar-refractivity contribution in [2.24, 2.45) is 0 Å². The Morgan fingerprint density at radius 3 is 2.39 bits per heavy atom. The van der Waals surface area contributed by atoms with Crippen LogP contribution in [0.25, 0.3) is 0 Å². The maximum absolute atomic E-state index is 12.3. The molecule has 6 heteroatoms. The largest absolute Gasteiger partial charge is 0.493 e. The topological polar surface area (TPSA) is 72.8 Å². The molecule has 2 atom stereocenters. The van der Waals surface area contributed by atoms with Crippen LogP contribution in [0.1, 0.15) is 38.5 Å². The molecular formula is C17H24O5S. The smallest absolute Gasteiger partial charge is 0.161 e. The van der Waals surface area contributed by atoms with Crippen molar-refractivity contribution < 1.29 is 23.0 Å². The van der Waals surface area contributed by atoms with E-state index in [2.05, 4.69) is 0 Å². The molecule has 0 spiro atoms. The number of aliphatic hydroxyl groups is 1. The maximum Gasteiger partial charge on any atom is 0.161 e. The average Bonchev–Trinajstić information content (AvgIpc) is 2.50. The molecular weight excluding hydrogens is 316 g/mol. The van der Waals surface area contributed by atoms with E-state index in [0.717, 1.165) is 6.42 Å². The summed E-state index contributed by atoms with van der Waals surface area (Å²) in [6.45, 7) is 0.344. The van der Waals surface area contributed by atoms with Gasteiger partial charge in [-0.1, -0.05) is 18.6 Å². The summed E-state index contributed by atoms with van der Waals surface area (Å²) in [7, 11) is -1.46. The Bertz CT molecular complexity index is 635. The van der Waals surface area contributed by atoms with E-state index in [4.69, 9.17) is 9.47 Å². The number of rotatable bonds is 5. The van der Waals surface area contributed by atoms with Gasteiger partial charge in [0.15, 0.2) is 21.3 Å². The molecule has 5 nitrogen and oxygen atoms in total. The van der Waals surface area contributed by atoms with E-state index in [1.807, 2.05) is 24.3 Å². The molecule has 0 aliphatic carbocycles. The minimum Gasteiger partial charge on any atom is -0.493 e. The van der Waals surface area contributed by atoms with Crippen LogP contribution >= 0.6 is 0 Å². The maximum atomic E-state index is 12.3. The number of methoxy groups -OCH3 is 1. The molecule has 2 saturated heterocycles. The van der Waals surface area contributed by atoms with Crippen molar-refractivity contribution in [3.8, 4) is 11.5 Å². The van der Waals surface area contributed by atoms with Gasteiger partial charge in [-0.15, -0.1) is 0 Å². The van der Waals surface area contributed by atoms with Gasteiger partial charge >= 0.3 is 0 Å². The molecule has 2 aliphatic rings. The van der Waals surface area contributed by atoms with Crippen LogP contribution in [-0.2, 0) is 9.84 Å². The number of para-hydroxylation sites is 2. The zero-order chi connectivity index (χ0) is 16.5. The van der Waals surface area contributed by atoms with Crippen molar-refractivity contribution in [2.75, 3.05) is 13.7 Å². The lowest BCUT2D eigenvalue weighted by molar-refractivity contribution is -0.00864. The number of hydrogen-bond acceptors (Lipinski definition) is 5. The SMILES string of the molecule is COc1ccccc1OCCC1(O)CC2CCCC(C1)S2(=O)=O. The van der Waals surface area contributed by atoms with Crippen LogP contribution < -0.4 is 9.47 Å². The summed E-state index contributed by atoms with van der Waals surface area (Å²) >= 11 is 0. The first-order valence-corrected chi connectivity index (χ1v) is 9.76. The fraction of sp³-hybridized carbons (Fsp3) is 0.647. The van der Waals surface area contributed by atoms with Crippen molar-refractivity contribution in [3.63, 3.8) is 0 Å². The molecule has 128 valence electrons. The summed E-state index contributed by atoms with van der Waals surface area (Å²) in [5, 5.41) is 10.1. The third kappa shape index (κ3) is 3.33. The van der Waals surface area contributed by atoms with Crippen LogP contribution in [0.4, 0.5) is 0 Å². The Labute approximate surface area is 137 Å². The van der Waals surface area contributed by atoms with Crippen LogP contribution in [0.3, 0.4) is 0 Å². The highest BCUT2D eigenvalue weighted by molar-refractivity contribution is 7.92. The highest BCUT2D eigenvalue weighted by atomic mass is 32.2. The van der Waals surface area contributed by atoms with E-state index in [1.165, 1.54) is 0 Å². The first-order valence-electron chi connectivity index (χ1n) is 8.15. The summed E-state index contributed by atoms with van der Waals surface area (Å²) in [6.07, 6.45) is 3.40. The summed E-state index contributed by atoms with van der Waals surface area (Å²) in [5.74, 6) is 1.30. The lowest BCUT2D eigenvalue weighted by Crippen LogP contribution is -2.52. The van der Waals surface area contributed by atoms with Gasteiger partial charge in [0.1, 0.15) is 0 Å². The lowest BCUT2D eigenvalue weighted by atomic mass is 9.83. The van der Waals surface area contributed by atoms with E-state index in [9.17, 15) is 13.5 Å². The second-order valence-corrected chi connectivity index (χ2v) is 9.16. The first-order chi connectivity index (χ1) is 10.9. The molecule has 0 saturated carbocycles. The fourth-order valence-corrected chi connectivity index (χ4v) is 6.45. The Hall–Kier alpha value is -1.27. The summed E-state index contributed by atoms with van der Waals surface area (Å²) < 4.78 is 35.6. The number of benzene rings is 1. The molecule has 0 radical (unpaired) electrons. The fourth-order valence-electron chi connectivity index (χ4n) is 3.83. The van der Waals surface area contributed by atoms with Crippen molar-refractivity contribution >= 4 is 9.84 Å². The van der Waals surface area contributed by atoms with Crippen LogP contribution in [0.2, 0.25) is 0 Å². The zero-order valence-electron chi connectivity index (χ0n) is 13.4. The highest BCUT2D eigenvalue weighted by Gasteiger charge is 2.50. The molecule has 2 unspecified atom stereocenters. The predicted octanol–water partition coefficient (Wildman–Crippen LogP) is 2.32. The molecule has 2 heterocycles. The molecule has 1 N–H and O–H groups in total. The van der Waals surface area contributed by atoms with Gasteiger partial charge in [-0.25, -0.2) is 8.42 Å². The van der Waals surface area contributed by atoms with Crippen molar-refractivity contribution in [2.45, 2.75) is 54.6 Å². The normalized spacial score (nSPS) is 32.3. The Morgan fingerprint density at radius 2 is 1.78 bits per heavy atom. The van der Waals surface area contributed by atoms with Crippen LogP contribution in [-0.4, -0.2) is 43.3 Å². The minimum absolute atomic E-state index is 0.334. The Morgan fingerprint density at radius 1 is 1.17 bits per heavy atom. The molecule has 1 aromatic carbocycles. The number of fused-ring (bicyclic) bond motifs is 2.